The van der Waals surface area contributed by atoms with Gasteiger partial charge in [-0.15, -0.1) is 24.0 Å². The van der Waals surface area contributed by atoms with Crippen LogP contribution in [-0.4, -0.2) is 0 Å². The van der Waals surface area contributed by atoms with Crippen molar-refractivity contribution in [3.8, 4) is 6.07 Å². The van der Waals surface area contributed by atoms with Gasteiger partial charge in [0.15, 0.2) is 0 Å². The largest absolute Gasteiger partial charge is 0.192 e. The van der Waals surface area contributed by atoms with E-state index in [1.807, 2.05) is 12.1 Å². The lowest BCUT2D eigenvalue weighted by atomic mass is 10.2. The Morgan fingerprint density at radius 1 is 1.46 bits per heavy atom. The molecule has 0 fully saturated rings. The molecular weight excluding hydrogens is 222 g/mol. The van der Waals surface area contributed by atoms with Crippen LogP contribution in [0.5, 0.6) is 0 Å². The highest BCUT2D eigenvalue weighted by atomic mass is 35.5. The van der Waals surface area contributed by atoms with E-state index in [0.29, 0.717) is 10.6 Å². The Balaban J connectivity index is 2.88. The van der Waals surface area contributed by atoms with Gasteiger partial charge in [-0.25, -0.2) is 0 Å². The van der Waals surface area contributed by atoms with E-state index in [-0.39, 0.29) is 0 Å². The summed E-state index contributed by atoms with van der Waals surface area (Å²) in [6, 6.07) is 7.61. The molecule has 2 rings (SSSR count). The SMILES string of the molecule is N#Cc1c(S)sc2cc(Cl)ccc12. The van der Waals surface area contributed by atoms with Crippen LogP contribution >= 0.6 is 35.6 Å². The zero-order valence-electron chi connectivity index (χ0n) is 6.41. The van der Waals surface area contributed by atoms with E-state index in [2.05, 4.69) is 18.7 Å². The van der Waals surface area contributed by atoms with Gasteiger partial charge in [-0.3, -0.25) is 0 Å². The van der Waals surface area contributed by atoms with Crippen molar-refractivity contribution in [2.45, 2.75) is 4.21 Å². The zero-order valence-corrected chi connectivity index (χ0v) is 8.88. The van der Waals surface area contributed by atoms with E-state index in [1.165, 1.54) is 11.3 Å². The summed E-state index contributed by atoms with van der Waals surface area (Å²) in [6.07, 6.45) is 0. The molecule has 4 heteroatoms. The van der Waals surface area contributed by atoms with Crippen LogP contribution in [0.3, 0.4) is 0 Å². The monoisotopic (exact) mass is 225 g/mol. The molecule has 0 bridgehead atoms. The number of rotatable bonds is 0. The van der Waals surface area contributed by atoms with Crippen LogP contribution in [0.1, 0.15) is 5.56 Å². The highest BCUT2D eigenvalue weighted by Gasteiger charge is 2.08. The third kappa shape index (κ3) is 1.42. The maximum Gasteiger partial charge on any atom is 0.102 e. The Hall–Kier alpha value is -0.690. The minimum absolute atomic E-state index is 0.639. The summed E-state index contributed by atoms with van der Waals surface area (Å²) in [5.74, 6) is 0. The smallest absolute Gasteiger partial charge is 0.102 e. The third-order valence-corrected chi connectivity index (χ3v) is 3.43. The number of hydrogen-bond acceptors (Lipinski definition) is 3. The van der Waals surface area contributed by atoms with Crippen LogP contribution in [-0.2, 0) is 0 Å². The molecule has 0 aliphatic carbocycles. The number of fused-ring (bicyclic) bond motifs is 1. The lowest BCUT2D eigenvalue weighted by molar-refractivity contribution is 1.48. The lowest BCUT2D eigenvalue weighted by Crippen LogP contribution is -1.70. The van der Waals surface area contributed by atoms with Crippen LogP contribution in [0, 0.1) is 11.3 Å². The van der Waals surface area contributed by atoms with Crippen LogP contribution in [0.4, 0.5) is 0 Å². The molecule has 1 aromatic heterocycles. The molecule has 0 aliphatic rings. The maximum atomic E-state index is 8.85. The van der Waals surface area contributed by atoms with E-state index in [4.69, 9.17) is 16.9 Å². The molecule has 0 spiro atoms. The number of nitrogens with zero attached hydrogens (tertiary/aromatic N) is 1. The number of thiophene rings is 1. The number of halogens is 1. The highest BCUT2D eigenvalue weighted by molar-refractivity contribution is 7.83. The molecule has 1 nitrogen and oxygen atoms in total. The van der Waals surface area contributed by atoms with Gasteiger partial charge in [0, 0.05) is 15.1 Å². The molecule has 0 atom stereocenters. The van der Waals surface area contributed by atoms with Crippen molar-refractivity contribution >= 4 is 45.7 Å². The first-order valence-electron chi connectivity index (χ1n) is 3.53. The maximum absolute atomic E-state index is 8.85. The van der Waals surface area contributed by atoms with E-state index in [1.54, 1.807) is 6.07 Å². The molecule has 1 aromatic carbocycles. The normalized spacial score (nSPS) is 10.2. The fourth-order valence-electron chi connectivity index (χ4n) is 1.17. The summed E-state index contributed by atoms with van der Waals surface area (Å²) in [5.41, 5.74) is 0.639. The van der Waals surface area contributed by atoms with Gasteiger partial charge < -0.3 is 0 Å². The molecule has 2 aromatic rings. The molecular formula is C9H4ClNS2. The first kappa shape index (κ1) is 8.89. The van der Waals surface area contributed by atoms with Gasteiger partial charge in [0.25, 0.3) is 0 Å². The minimum atomic E-state index is 0.639. The third-order valence-electron chi connectivity index (χ3n) is 1.75. The number of nitriles is 1. The summed E-state index contributed by atoms with van der Waals surface area (Å²) >= 11 is 11.5. The van der Waals surface area contributed by atoms with Crippen molar-refractivity contribution in [1.29, 1.82) is 5.26 Å². The van der Waals surface area contributed by atoms with Gasteiger partial charge in [0.1, 0.15) is 6.07 Å². The number of benzene rings is 1. The Labute approximate surface area is 90.0 Å². The van der Waals surface area contributed by atoms with Crippen LogP contribution in [0.15, 0.2) is 22.4 Å². The number of thiol groups is 1. The quantitative estimate of drug-likeness (QED) is 0.679. The lowest BCUT2D eigenvalue weighted by Gasteiger charge is -1.89. The van der Waals surface area contributed by atoms with E-state index < -0.39 is 0 Å². The summed E-state index contributed by atoms with van der Waals surface area (Å²) in [6.45, 7) is 0. The molecule has 1 heterocycles. The second-order valence-corrected chi connectivity index (χ2v) is 4.77. The predicted molar refractivity (Wildman–Crippen MR) is 58.8 cm³/mol. The van der Waals surface area contributed by atoms with Gasteiger partial charge >= 0.3 is 0 Å². The topological polar surface area (TPSA) is 23.8 Å². The molecule has 0 aliphatic heterocycles. The van der Waals surface area contributed by atoms with Crippen molar-refractivity contribution in [1.82, 2.24) is 0 Å². The first-order valence-corrected chi connectivity index (χ1v) is 5.17. The Morgan fingerprint density at radius 3 is 2.92 bits per heavy atom. The molecule has 0 N–H and O–H groups in total. The molecule has 0 saturated carbocycles. The van der Waals surface area contributed by atoms with Crippen molar-refractivity contribution in [2.24, 2.45) is 0 Å². The van der Waals surface area contributed by atoms with E-state index >= 15 is 0 Å². The average molecular weight is 226 g/mol. The minimum Gasteiger partial charge on any atom is -0.192 e. The molecule has 64 valence electrons. The first-order chi connectivity index (χ1) is 6.22. The van der Waals surface area contributed by atoms with E-state index in [9.17, 15) is 0 Å². The summed E-state index contributed by atoms with van der Waals surface area (Å²) in [5, 5.41) is 10.5. The van der Waals surface area contributed by atoms with Gasteiger partial charge in [-0.2, -0.15) is 5.26 Å². The van der Waals surface area contributed by atoms with Crippen LogP contribution < -0.4 is 0 Å². The van der Waals surface area contributed by atoms with Gasteiger partial charge in [-0.1, -0.05) is 17.7 Å². The molecule has 0 saturated heterocycles. The van der Waals surface area contributed by atoms with Crippen molar-refractivity contribution in [3.63, 3.8) is 0 Å². The second-order valence-electron chi connectivity index (χ2n) is 2.53. The second kappa shape index (κ2) is 3.22. The van der Waals surface area contributed by atoms with Crippen LogP contribution in [0.25, 0.3) is 10.1 Å². The van der Waals surface area contributed by atoms with Crippen molar-refractivity contribution < 1.29 is 0 Å². The van der Waals surface area contributed by atoms with Crippen molar-refractivity contribution in [3.05, 3.63) is 28.8 Å². The summed E-state index contributed by atoms with van der Waals surface area (Å²) in [7, 11) is 0. The standard InChI is InChI=1S/C9H4ClNS2/c10-5-1-2-6-7(4-11)9(12)13-8(6)3-5/h1-3,12H. The molecule has 0 radical (unpaired) electrons. The Kier molecular flexibility index (Phi) is 2.20. The zero-order chi connectivity index (χ0) is 9.42. The van der Waals surface area contributed by atoms with E-state index in [0.717, 1.165) is 14.3 Å². The molecule has 13 heavy (non-hydrogen) atoms. The molecule has 0 unspecified atom stereocenters. The Morgan fingerprint density at radius 2 is 2.23 bits per heavy atom. The highest BCUT2D eigenvalue weighted by Crippen LogP contribution is 2.34. The summed E-state index contributed by atoms with van der Waals surface area (Å²) in [4.78, 5) is 0. The van der Waals surface area contributed by atoms with Crippen molar-refractivity contribution in [2.75, 3.05) is 0 Å². The Bertz CT molecular complexity index is 510. The van der Waals surface area contributed by atoms with Gasteiger partial charge in [-0.05, 0) is 12.1 Å². The van der Waals surface area contributed by atoms with Crippen LogP contribution in [0.2, 0.25) is 5.02 Å². The average Bonchev–Trinajstić information content (AvgIpc) is 2.39. The summed E-state index contributed by atoms with van der Waals surface area (Å²) < 4.78 is 1.76. The van der Waals surface area contributed by atoms with Gasteiger partial charge in [0.05, 0.1) is 9.77 Å². The fourth-order valence-corrected chi connectivity index (χ4v) is 2.80. The molecule has 0 amide bonds. The number of hydrogen-bond donors (Lipinski definition) is 1. The van der Waals surface area contributed by atoms with Gasteiger partial charge in [0.2, 0.25) is 0 Å². The fraction of sp³-hybridized carbons (Fsp3) is 0. The predicted octanol–water partition coefficient (Wildman–Crippen LogP) is 3.72.